The summed E-state index contributed by atoms with van der Waals surface area (Å²) in [5.74, 6) is 3.78. The van der Waals surface area contributed by atoms with Crippen molar-refractivity contribution in [2.24, 2.45) is 45.8 Å². The zero-order valence-electron chi connectivity index (χ0n) is 21.7. The Morgan fingerprint density at radius 1 is 1.12 bits per heavy atom. The van der Waals surface area contributed by atoms with Crippen molar-refractivity contribution >= 4 is 14.8 Å². The molecule has 0 aromatic carbocycles. The highest BCUT2D eigenvalue weighted by Gasteiger charge is 2.69. The Kier molecular flexibility index (Phi) is 5.48. The first-order valence-electron chi connectivity index (χ1n) is 13.4. The molecule has 1 saturated heterocycles. The molecule has 0 aromatic heterocycles. The van der Waals surface area contributed by atoms with E-state index in [1.54, 1.807) is 0 Å². The quantitative estimate of drug-likeness (QED) is 0.373. The molecule has 180 valence electrons. The molecule has 0 spiro atoms. The summed E-state index contributed by atoms with van der Waals surface area (Å²) in [5.41, 5.74) is 2.11. The van der Waals surface area contributed by atoms with E-state index in [2.05, 4.69) is 54.6 Å². The Labute approximate surface area is 197 Å². The normalized spacial score (nSPS) is 47.2. The molecule has 3 nitrogen and oxygen atoms in total. The average molecular weight is 459 g/mol. The van der Waals surface area contributed by atoms with Gasteiger partial charge in [-0.15, -0.1) is 0 Å². The van der Waals surface area contributed by atoms with Gasteiger partial charge < -0.3 is 9.16 Å². The minimum absolute atomic E-state index is 0.180. The summed E-state index contributed by atoms with van der Waals surface area (Å²) in [7, 11) is -1.10. The lowest BCUT2D eigenvalue weighted by Gasteiger charge is -2.57. The summed E-state index contributed by atoms with van der Waals surface area (Å²) < 4.78 is 13.1. The molecule has 3 saturated carbocycles. The molecule has 5 aliphatic rings. The number of fused-ring (bicyclic) bond motifs is 8. The zero-order valence-corrected chi connectivity index (χ0v) is 22.9. The van der Waals surface area contributed by atoms with Gasteiger partial charge in [0.2, 0.25) is 0 Å². The minimum Gasteiger partial charge on any atom is -0.417 e. The second-order valence-corrected chi connectivity index (χ2v) is 16.2. The molecular formula is C28H46O3Si. The van der Waals surface area contributed by atoms with Gasteiger partial charge in [-0.25, -0.2) is 0 Å². The monoisotopic (exact) mass is 458 g/mol. The van der Waals surface area contributed by atoms with Crippen LogP contribution in [0.15, 0.2) is 11.6 Å². The molecule has 1 heterocycles. The molecular weight excluding hydrogens is 412 g/mol. The maximum Gasteiger partial charge on any atom is 0.171 e. The third kappa shape index (κ3) is 3.37. The van der Waals surface area contributed by atoms with Gasteiger partial charge in [0.25, 0.3) is 0 Å². The molecule has 0 aromatic rings. The number of carbonyl (C=O) groups excluding carboxylic acids is 1. The topological polar surface area (TPSA) is 38.8 Å². The van der Waals surface area contributed by atoms with E-state index in [0.717, 1.165) is 24.7 Å². The Balaban J connectivity index is 1.43. The van der Waals surface area contributed by atoms with Gasteiger partial charge in [0, 0.05) is 6.42 Å². The van der Waals surface area contributed by atoms with E-state index < -0.39 is 9.04 Å². The van der Waals surface area contributed by atoms with Crippen LogP contribution in [0.5, 0.6) is 0 Å². The number of hydrogen-bond donors (Lipinski definition) is 0. The number of carbonyl (C=O) groups is 1. The van der Waals surface area contributed by atoms with E-state index in [0.29, 0.717) is 41.2 Å². The lowest BCUT2D eigenvalue weighted by molar-refractivity contribution is -0.117. The van der Waals surface area contributed by atoms with Crippen molar-refractivity contribution in [3.05, 3.63) is 11.6 Å². The summed E-state index contributed by atoms with van der Waals surface area (Å²) in [5, 5.41) is 0. The highest BCUT2D eigenvalue weighted by molar-refractivity contribution is 6.48. The maximum atomic E-state index is 12.2. The summed E-state index contributed by atoms with van der Waals surface area (Å²) in [6.07, 6.45) is 10.0. The van der Waals surface area contributed by atoms with Crippen molar-refractivity contribution in [1.82, 2.24) is 0 Å². The Hall–Kier alpha value is -0.453. The van der Waals surface area contributed by atoms with Crippen LogP contribution in [0, 0.1) is 45.8 Å². The van der Waals surface area contributed by atoms with Gasteiger partial charge in [0.1, 0.15) is 6.10 Å². The van der Waals surface area contributed by atoms with E-state index in [9.17, 15) is 4.79 Å². The lowest BCUT2D eigenvalue weighted by Crippen LogP contribution is -2.54. The number of ketones is 1. The summed E-state index contributed by atoms with van der Waals surface area (Å²) >= 11 is 0. The molecule has 0 amide bonds. The Morgan fingerprint density at radius 2 is 1.84 bits per heavy atom. The molecule has 4 heteroatoms. The third-order valence-corrected chi connectivity index (χ3v) is 11.5. The Bertz CT molecular complexity index is 812. The molecule has 0 bridgehead atoms. The van der Waals surface area contributed by atoms with E-state index in [-0.39, 0.29) is 16.9 Å². The summed E-state index contributed by atoms with van der Waals surface area (Å²) in [4.78, 5) is 12.2. The van der Waals surface area contributed by atoms with Gasteiger partial charge in [0.15, 0.2) is 14.8 Å². The zero-order chi connectivity index (χ0) is 23.2. The lowest BCUT2D eigenvalue weighted by atomic mass is 9.46. The average Bonchev–Trinajstić information content (AvgIpc) is 3.40. The molecule has 32 heavy (non-hydrogen) atoms. The van der Waals surface area contributed by atoms with Gasteiger partial charge in [0.05, 0.1) is 12.2 Å². The van der Waals surface area contributed by atoms with Gasteiger partial charge in [-0.2, -0.15) is 0 Å². The number of ether oxygens (including phenoxy) is 1. The summed E-state index contributed by atoms with van der Waals surface area (Å²) in [6.45, 7) is 19.4. The molecule has 0 N–H and O–H groups in total. The van der Waals surface area contributed by atoms with Gasteiger partial charge in [-0.05, 0) is 103 Å². The van der Waals surface area contributed by atoms with Crippen LogP contribution in [-0.4, -0.2) is 33.1 Å². The van der Waals surface area contributed by atoms with Crippen LogP contribution in [0.3, 0.4) is 0 Å². The highest BCUT2D eigenvalue weighted by Crippen LogP contribution is 2.71. The fourth-order valence-electron chi connectivity index (χ4n) is 9.33. The first-order chi connectivity index (χ1) is 14.9. The van der Waals surface area contributed by atoms with E-state index >= 15 is 0 Å². The van der Waals surface area contributed by atoms with Crippen molar-refractivity contribution in [3.63, 3.8) is 0 Å². The number of rotatable bonds is 4. The largest absolute Gasteiger partial charge is 0.417 e. The van der Waals surface area contributed by atoms with Crippen LogP contribution in [0.25, 0.3) is 0 Å². The van der Waals surface area contributed by atoms with Crippen LogP contribution in [-0.2, 0) is 14.0 Å². The molecule has 4 fully saturated rings. The van der Waals surface area contributed by atoms with Crippen LogP contribution in [0.1, 0.15) is 80.1 Å². The van der Waals surface area contributed by atoms with Gasteiger partial charge >= 0.3 is 0 Å². The molecule has 4 aliphatic carbocycles. The molecule has 2 unspecified atom stereocenters. The number of epoxide rings is 1. The molecule has 10 atom stereocenters. The van der Waals surface area contributed by atoms with Crippen LogP contribution >= 0.6 is 0 Å². The Morgan fingerprint density at radius 3 is 2.50 bits per heavy atom. The third-order valence-electron chi connectivity index (χ3n) is 10.7. The second kappa shape index (κ2) is 7.52. The molecule has 0 radical (unpaired) electrons. The second-order valence-electron chi connectivity index (χ2n) is 13.9. The van der Waals surface area contributed by atoms with Crippen LogP contribution in [0.2, 0.25) is 13.1 Å². The van der Waals surface area contributed by atoms with Crippen molar-refractivity contribution in [3.8, 4) is 0 Å². The SMILES string of the molecule is CC(C(O[SiH](C)C)C(C)(C)C)[C@H]1CC[C@H]2[C@@H]3[C@@H]4O[C@@H]4C4=CC(=O)CC[C@]4(C)[C@H]3CC[C@]12C. The predicted molar refractivity (Wildman–Crippen MR) is 132 cm³/mol. The smallest absolute Gasteiger partial charge is 0.171 e. The molecule has 1 aliphatic heterocycles. The fraction of sp³-hybridized carbons (Fsp3) is 0.893. The fourth-order valence-corrected chi connectivity index (χ4v) is 10.6. The number of hydrogen-bond acceptors (Lipinski definition) is 3. The predicted octanol–water partition coefficient (Wildman–Crippen LogP) is 6.17. The van der Waals surface area contributed by atoms with E-state index in [4.69, 9.17) is 9.16 Å². The first-order valence-corrected chi connectivity index (χ1v) is 16.2. The maximum absolute atomic E-state index is 12.2. The summed E-state index contributed by atoms with van der Waals surface area (Å²) in [6, 6.07) is 0. The van der Waals surface area contributed by atoms with Crippen molar-refractivity contribution in [2.75, 3.05) is 0 Å². The van der Waals surface area contributed by atoms with E-state index in [1.807, 2.05) is 6.08 Å². The first kappa shape index (κ1) is 23.3. The highest BCUT2D eigenvalue weighted by atomic mass is 28.3. The van der Waals surface area contributed by atoms with Crippen molar-refractivity contribution in [2.45, 2.75) is 111 Å². The minimum atomic E-state index is -1.10. The van der Waals surface area contributed by atoms with Crippen LogP contribution < -0.4 is 0 Å². The van der Waals surface area contributed by atoms with Gasteiger partial charge in [-0.1, -0.05) is 41.5 Å². The van der Waals surface area contributed by atoms with Gasteiger partial charge in [-0.3, -0.25) is 4.79 Å². The standard InChI is InChI=1S/C28H46O3Si/c1-16(25(26(2,3)4)31-32(7)8)18-9-10-19-22-20(12-14-27(18,19)5)28(6)13-11-17(29)15-21(28)23-24(22)30-23/h15-16,18-20,22-25,32H,9-14H2,1-8H3/t16?,18-,19+,20+,22+,23-,24+,25?,27-,28-/m1/s1. The van der Waals surface area contributed by atoms with Crippen LogP contribution in [0.4, 0.5) is 0 Å². The van der Waals surface area contributed by atoms with Crippen molar-refractivity contribution in [1.29, 1.82) is 0 Å². The molecule has 5 rings (SSSR count). The van der Waals surface area contributed by atoms with E-state index in [1.165, 1.54) is 31.3 Å². The van der Waals surface area contributed by atoms with Crippen molar-refractivity contribution < 1.29 is 14.0 Å².